The molecule has 24 heavy (non-hydrogen) atoms. The molecule has 2 aromatic heterocycles. The summed E-state index contributed by atoms with van der Waals surface area (Å²) in [6.07, 6.45) is 1.60. The summed E-state index contributed by atoms with van der Waals surface area (Å²) in [5, 5.41) is 1.39. The normalized spacial score (nSPS) is 11.1. The maximum Gasteiger partial charge on any atom is 0.263 e. The molecule has 126 valence electrons. The summed E-state index contributed by atoms with van der Waals surface area (Å²) in [7, 11) is 0. The third-order valence-electron chi connectivity index (χ3n) is 3.68. The second-order valence-corrected chi connectivity index (χ2v) is 7.31. The van der Waals surface area contributed by atoms with Crippen molar-refractivity contribution in [3.05, 3.63) is 55.4 Å². The minimum absolute atomic E-state index is 0.0313. The third-order valence-corrected chi connectivity index (χ3v) is 5.45. The minimum Gasteiger partial charge on any atom is -0.494 e. The van der Waals surface area contributed by atoms with Gasteiger partial charge in [0, 0.05) is 16.4 Å². The fraction of sp³-hybridized carbons (Fsp3) is 0.294. The van der Waals surface area contributed by atoms with Gasteiger partial charge in [0.2, 0.25) is 0 Å². The highest BCUT2D eigenvalue weighted by atomic mass is 35.5. The van der Waals surface area contributed by atoms with E-state index in [9.17, 15) is 4.79 Å². The summed E-state index contributed by atoms with van der Waals surface area (Å²) in [4.78, 5) is 17.8. The van der Waals surface area contributed by atoms with E-state index in [2.05, 4.69) is 11.9 Å². The number of rotatable bonds is 6. The Labute approximate surface area is 153 Å². The number of hydrogen-bond acceptors (Lipinski definition) is 4. The summed E-state index contributed by atoms with van der Waals surface area (Å²) < 4.78 is 7.72. The zero-order chi connectivity index (χ0) is 17.1. The molecule has 7 heteroatoms. The lowest BCUT2D eigenvalue weighted by atomic mass is 10.3. The van der Waals surface area contributed by atoms with Crippen LogP contribution in [0.15, 0.2) is 35.1 Å². The van der Waals surface area contributed by atoms with Gasteiger partial charge in [-0.1, -0.05) is 18.5 Å². The van der Waals surface area contributed by atoms with E-state index in [1.54, 1.807) is 28.0 Å². The van der Waals surface area contributed by atoms with Crippen molar-refractivity contribution in [1.29, 1.82) is 0 Å². The number of nitrogens with one attached hydrogen (secondary N) is 1. The van der Waals surface area contributed by atoms with Crippen LogP contribution in [0.4, 0.5) is 0 Å². The van der Waals surface area contributed by atoms with Crippen LogP contribution in [0.3, 0.4) is 0 Å². The molecule has 4 nitrogen and oxygen atoms in total. The molecular formula is C17H17ClN2O2S2. The number of thiophene rings is 1. The van der Waals surface area contributed by atoms with Crippen molar-refractivity contribution >= 4 is 45.4 Å². The SMILES string of the molecule is CCc1cc2c(=O)n(CCCOc3ccc(Cl)cc3)c(=S)[nH]c2s1. The molecule has 0 bridgehead atoms. The van der Waals surface area contributed by atoms with Crippen LogP contribution in [-0.2, 0) is 13.0 Å². The molecule has 0 fully saturated rings. The molecule has 3 rings (SSSR count). The van der Waals surface area contributed by atoms with E-state index in [0.717, 1.165) is 17.0 Å². The summed E-state index contributed by atoms with van der Waals surface area (Å²) in [5.74, 6) is 0.762. The van der Waals surface area contributed by atoms with E-state index < -0.39 is 0 Å². The second kappa shape index (κ2) is 7.51. The van der Waals surface area contributed by atoms with Crippen molar-refractivity contribution in [3.8, 4) is 5.75 Å². The van der Waals surface area contributed by atoms with Gasteiger partial charge >= 0.3 is 0 Å². The van der Waals surface area contributed by atoms with Crippen molar-refractivity contribution in [2.45, 2.75) is 26.3 Å². The Morgan fingerprint density at radius 1 is 1.33 bits per heavy atom. The van der Waals surface area contributed by atoms with Gasteiger partial charge in [-0.05, 0) is 55.4 Å². The maximum atomic E-state index is 12.6. The molecule has 1 aromatic carbocycles. The molecule has 0 amide bonds. The number of ether oxygens (including phenoxy) is 1. The number of H-pyrrole nitrogens is 1. The fourth-order valence-electron chi connectivity index (χ4n) is 2.42. The van der Waals surface area contributed by atoms with Gasteiger partial charge in [0.25, 0.3) is 5.56 Å². The first-order valence-corrected chi connectivity index (χ1v) is 9.32. The Morgan fingerprint density at radius 2 is 2.08 bits per heavy atom. The van der Waals surface area contributed by atoms with Crippen LogP contribution >= 0.6 is 35.2 Å². The average molecular weight is 381 g/mol. The molecule has 0 aliphatic heterocycles. The molecule has 0 saturated carbocycles. The number of halogens is 1. The number of aromatic nitrogens is 2. The topological polar surface area (TPSA) is 47.0 Å². The van der Waals surface area contributed by atoms with Crippen molar-refractivity contribution in [3.63, 3.8) is 0 Å². The highest BCUT2D eigenvalue weighted by Gasteiger charge is 2.09. The van der Waals surface area contributed by atoms with Gasteiger partial charge in [0.1, 0.15) is 10.6 Å². The summed E-state index contributed by atoms with van der Waals surface area (Å²) >= 11 is 12.8. The summed E-state index contributed by atoms with van der Waals surface area (Å²) in [6.45, 7) is 3.10. The first kappa shape index (κ1) is 17.2. The molecule has 0 aliphatic rings. The van der Waals surface area contributed by atoms with Crippen LogP contribution in [0.1, 0.15) is 18.2 Å². The predicted molar refractivity (Wildman–Crippen MR) is 102 cm³/mol. The number of aryl methyl sites for hydroxylation is 1. The van der Waals surface area contributed by atoms with Gasteiger partial charge in [0.05, 0.1) is 12.0 Å². The quantitative estimate of drug-likeness (QED) is 0.493. The van der Waals surface area contributed by atoms with Crippen molar-refractivity contribution in [1.82, 2.24) is 9.55 Å². The van der Waals surface area contributed by atoms with Crippen molar-refractivity contribution < 1.29 is 4.74 Å². The van der Waals surface area contributed by atoms with Crippen molar-refractivity contribution in [2.24, 2.45) is 0 Å². The van der Waals surface area contributed by atoms with Gasteiger partial charge in [-0.25, -0.2) is 0 Å². The molecule has 0 spiro atoms. The average Bonchev–Trinajstić information content (AvgIpc) is 2.99. The van der Waals surface area contributed by atoms with E-state index in [1.165, 1.54) is 4.88 Å². The lowest BCUT2D eigenvalue weighted by Gasteiger charge is -2.08. The van der Waals surface area contributed by atoms with Crippen LogP contribution in [0.2, 0.25) is 5.02 Å². The van der Waals surface area contributed by atoms with E-state index in [4.69, 9.17) is 28.6 Å². The number of nitrogens with zero attached hydrogens (tertiary/aromatic N) is 1. The van der Waals surface area contributed by atoms with E-state index in [1.807, 2.05) is 18.2 Å². The van der Waals surface area contributed by atoms with E-state index in [-0.39, 0.29) is 5.56 Å². The molecule has 0 saturated heterocycles. The smallest absolute Gasteiger partial charge is 0.263 e. The first-order chi connectivity index (χ1) is 11.6. The number of hydrogen-bond donors (Lipinski definition) is 1. The predicted octanol–water partition coefficient (Wildman–Crippen LogP) is 4.81. The van der Waals surface area contributed by atoms with Crippen LogP contribution in [0.25, 0.3) is 10.2 Å². The molecular weight excluding hydrogens is 364 g/mol. The van der Waals surface area contributed by atoms with Gasteiger partial charge < -0.3 is 9.72 Å². The van der Waals surface area contributed by atoms with Crippen LogP contribution in [0.5, 0.6) is 5.75 Å². The molecule has 0 unspecified atom stereocenters. The van der Waals surface area contributed by atoms with Crippen molar-refractivity contribution in [2.75, 3.05) is 6.61 Å². The van der Waals surface area contributed by atoms with E-state index in [0.29, 0.717) is 34.8 Å². The summed E-state index contributed by atoms with van der Waals surface area (Å²) in [5.41, 5.74) is -0.0313. The molecule has 3 aromatic rings. The molecule has 0 atom stereocenters. The Hall–Kier alpha value is -1.63. The molecule has 0 radical (unpaired) electrons. The van der Waals surface area contributed by atoms with Gasteiger partial charge in [0.15, 0.2) is 4.77 Å². The van der Waals surface area contributed by atoms with Gasteiger partial charge in [-0.2, -0.15) is 0 Å². The zero-order valence-electron chi connectivity index (χ0n) is 13.2. The molecule has 2 heterocycles. The highest BCUT2D eigenvalue weighted by molar-refractivity contribution is 7.71. The van der Waals surface area contributed by atoms with Crippen LogP contribution in [-0.4, -0.2) is 16.2 Å². The minimum atomic E-state index is -0.0313. The highest BCUT2D eigenvalue weighted by Crippen LogP contribution is 2.21. The van der Waals surface area contributed by atoms with Gasteiger partial charge in [-0.15, -0.1) is 11.3 Å². The van der Waals surface area contributed by atoms with Crippen LogP contribution in [0, 0.1) is 4.77 Å². The standard InChI is InChI=1S/C17H17ClN2O2S2/c1-2-13-10-14-15(24-13)19-17(23)20(16(14)21)8-3-9-22-12-6-4-11(18)5-7-12/h4-7,10H,2-3,8-9H2,1H3,(H,19,23). The third kappa shape index (κ3) is 3.71. The summed E-state index contributed by atoms with van der Waals surface area (Å²) in [6, 6.07) is 9.17. The number of benzene rings is 1. The second-order valence-electron chi connectivity index (χ2n) is 5.35. The largest absolute Gasteiger partial charge is 0.494 e. The Morgan fingerprint density at radius 3 is 2.79 bits per heavy atom. The lowest BCUT2D eigenvalue weighted by molar-refractivity contribution is 0.300. The number of aromatic amines is 1. The Bertz CT molecular complexity index is 957. The number of fused-ring (bicyclic) bond motifs is 1. The Balaban J connectivity index is 1.69. The molecule has 0 aliphatic carbocycles. The zero-order valence-corrected chi connectivity index (χ0v) is 15.6. The van der Waals surface area contributed by atoms with E-state index >= 15 is 0 Å². The van der Waals surface area contributed by atoms with Crippen LogP contribution < -0.4 is 10.3 Å². The molecule has 1 N–H and O–H groups in total. The lowest BCUT2D eigenvalue weighted by Crippen LogP contribution is -2.22. The Kier molecular flexibility index (Phi) is 5.38. The first-order valence-electron chi connectivity index (χ1n) is 7.72. The maximum absolute atomic E-state index is 12.6. The monoisotopic (exact) mass is 380 g/mol. The van der Waals surface area contributed by atoms with Gasteiger partial charge in [-0.3, -0.25) is 9.36 Å². The fourth-order valence-corrected chi connectivity index (χ4v) is 3.87.